The third kappa shape index (κ3) is 3.85. The molecule has 2 aliphatic heterocycles. The van der Waals surface area contributed by atoms with Crippen LogP contribution in [0.2, 0.25) is 0 Å². The molecule has 1 saturated heterocycles. The lowest BCUT2D eigenvalue weighted by molar-refractivity contribution is -0.119. The number of carbonyl (C=O) groups is 2. The first-order valence-corrected chi connectivity index (χ1v) is 11.0. The number of piperidine rings is 1. The van der Waals surface area contributed by atoms with Crippen molar-refractivity contribution in [2.45, 2.75) is 32.4 Å². The van der Waals surface area contributed by atoms with Crippen molar-refractivity contribution in [1.29, 1.82) is 5.26 Å². The standard InChI is InChI=1S/C24H22FN7O2/c1-14(33)28-16-5-3-8-31(13-16)21-7-9-32(30-21)20-10-18(29-19-12-27-24(34)23(19)20)22-15(11-26)4-2-6-17(22)25/h2,4,6-7,9-10,16H,3,5,8,12-13H2,1H3,(H,27,34)(H,28,33). The van der Waals surface area contributed by atoms with E-state index in [0.717, 1.165) is 19.4 Å². The molecule has 0 bridgehead atoms. The smallest absolute Gasteiger partial charge is 0.255 e. The molecule has 9 nitrogen and oxygen atoms in total. The minimum Gasteiger partial charge on any atom is -0.353 e. The lowest BCUT2D eigenvalue weighted by atomic mass is 10.0. The Bertz CT molecular complexity index is 1340. The molecule has 0 aliphatic carbocycles. The van der Waals surface area contributed by atoms with Crippen molar-refractivity contribution in [3.8, 4) is 23.0 Å². The van der Waals surface area contributed by atoms with Gasteiger partial charge < -0.3 is 15.5 Å². The number of nitriles is 1. The lowest BCUT2D eigenvalue weighted by Crippen LogP contribution is -2.47. The predicted octanol–water partition coefficient (Wildman–Crippen LogP) is 2.29. The molecule has 1 unspecified atom stereocenters. The lowest BCUT2D eigenvalue weighted by Gasteiger charge is -2.33. The van der Waals surface area contributed by atoms with E-state index in [2.05, 4.69) is 20.5 Å². The van der Waals surface area contributed by atoms with Crippen LogP contribution in [0.1, 0.15) is 41.4 Å². The fourth-order valence-corrected chi connectivity index (χ4v) is 4.60. The maximum absolute atomic E-state index is 14.7. The Hall–Kier alpha value is -4.26. The zero-order chi connectivity index (χ0) is 23.8. The number of carbonyl (C=O) groups excluding carboxylic acids is 2. The first-order valence-electron chi connectivity index (χ1n) is 11.0. The number of hydrogen-bond donors (Lipinski definition) is 2. The van der Waals surface area contributed by atoms with Crippen molar-refractivity contribution < 1.29 is 14.0 Å². The molecule has 172 valence electrons. The summed E-state index contributed by atoms with van der Waals surface area (Å²) in [7, 11) is 0. The van der Waals surface area contributed by atoms with Crippen LogP contribution in [0.15, 0.2) is 36.5 Å². The van der Waals surface area contributed by atoms with Crippen LogP contribution in [0.3, 0.4) is 0 Å². The van der Waals surface area contributed by atoms with E-state index in [1.54, 1.807) is 16.9 Å². The first kappa shape index (κ1) is 21.6. The third-order valence-electron chi connectivity index (χ3n) is 6.08. The second-order valence-corrected chi connectivity index (χ2v) is 8.41. The minimum atomic E-state index is -0.562. The van der Waals surface area contributed by atoms with Crippen LogP contribution in [-0.2, 0) is 11.3 Å². The number of hydrogen-bond acceptors (Lipinski definition) is 6. The van der Waals surface area contributed by atoms with Gasteiger partial charge in [0.2, 0.25) is 5.91 Å². The van der Waals surface area contributed by atoms with E-state index in [4.69, 9.17) is 5.10 Å². The maximum Gasteiger partial charge on any atom is 0.255 e. The van der Waals surface area contributed by atoms with Crippen LogP contribution in [0, 0.1) is 17.1 Å². The number of nitrogens with zero attached hydrogens (tertiary/aromatic N) is 5. The third-order valence-corrected chi connectivity index (χ3v) is 6.08. The average Bonchev–Trinajstić information content (AvgIpc) is 3.45. The average molecular weight is 459 g/mol. The molecule has 10 heteroatoms. The van der Waals surface area contributed by atoms with E-state index in [9.17, 15) is 19.2 Å². The number of benzene rings is 1. The van der Waals surface area contributed by atoms with E-state index < -0.39 is 5.82 Å². The van der Waals surface area contributed by atoms with Gasteiger partial charge >= 0.3 is 0 Å². The summed E-state index contributed by atoms with van der Waals surface area (Å²) in [5.74, 6) is -0.190. The highest BCUT2D eigenvalue weighted by Gasteiger charge is 2.29. The Morgan fingerprint density at radius 1 is 1.32 bits per heavy atom. The highest BCUT2D eigenvalue weighted by Crippen LogP contribution is 2.31. The number of aromatic nitrogens is 3. The Morgan fingerprint density at radius 3 is 2.97 bits per heavy atom. The second-order valence-electron chi connectivity index (χ2n) is 8.41. The number of fused-ring (bicyclic) bond motifs is 1. The highest BCUT2D eigenvalue weighted by molar-refractivity contribution is 6.01. The summed E-state index contributed by atoms with van der Waals surface area (Å²) in [6.07, 6.45) is 3.57. The molecular weight excluding hydrogens is 437 g/mol. The summed E-state index contributed by atoms with van der Waals surface area (Å²) in [4.78, 5) is 30.6. The summed E-state index contributed by atoms with van der Waals surface area (Å²) in [6, 6.07) is 9.79. The van der Waals surface area contributed by atoms with Crippen LogP contribution in [0.25, 0.3) is 16.9 Å². The highest BCUT2D eigenvalue weighted by atomic mass is 19.1. The van der Waals surface area contributed by atoms with Gasteiger partial charge in [-0.25, -0.2) is 14.1 Å². The van der Waals surface area contributed by atoms with Crippen molar-refractivity contribution in [2.75, 3.05) is 18.0 Å². The van der Waals surface area contributed by atoms with Crippen LogP contribution in [0.5, 0.6) is 0 Å². The molecular formula is C24H22FN7O2. The summed E-state index contributed by atoms with van der Waals surface area (Å²) >= 11 is 0. The summed E-state index contributed by atoms with van der Waals surface area (Å²) in [6.45, 7) is 3.16. The van der Waals surface area contributed by atoms with Gasteiger partial charge in [0.25, 0.3) is 5.91 Å². The van der Waals surface area contributed by atoms with Gasteiger partial charge in [0.1, 0.15) is 5.82 Å². The maximum atomic E-state index is 14.7. The quantitative estimate of drug-likeness (QED) is 0.619. The van der Waals surface area contributed by atoms with Crippen molar-refractivity contribution in [2.24, 2.45) is 0 Å². The van der Waals surface area contributed by atoms with Crippen molar-refractivity contribution in [1.82, 2.24) is 25.4 Å². The van der Waals surface area contributed by atoms with Gasteiger partial charge in [-0.15, -0.1) is 0 Å². The first-order chi connectivity index (χ1) is 16.4. The predicted molar refractivity (Wildman–Crippen MR) is 122 cm³/mol. The molecule has 1 aromatic carbocycles. The van der Waals surface area contributed by atoms with E-state index in [0.29, 0.717) is 29.3 Å². The fraction of sp³-hybridized carbons (Fsp3) is 0.292. The van der Waals surface area contributed by atoms with Gasteiger partial charge in [-0.05, 0) is 31.0 Å². The number of anilines is 1. The molecule has 2 amide bonds. The molecule has 0 saturated carbocycles. The SMILES string of the molecule is CC(=O)NC1CCCN(c2ccn(-c3cc(-c4c(F)cccc4C#N)nc4c3C(=O)NC4)n2)C1. The zero-order valence-electron chi connectivity index (χ0n) is 18.5. The van der Waals surface area contributed by atoms with Crippen molar-refractivity contribution in [3.63, 3.8) is 0 Å². The van der Waals surface area contributed by atoms with Gasteiger partial charge in [-0.1, -0.05) is 6.07 Å². The number of amides is 2. The molecule has 2 aliphatic rings. The van der Waals surface area contributed by atoms with E-state index in [1.165, 1.54) is 25.1 Å². The van der Waals surface area contributed by atoms with Gasteiger partial charge in [-0.3, -0.25) is 9.59 Å². The summed E-state index contributed by atoms with van der Waals surface area (Å²) < 4.78 is 16.3. The summed E-state index contributed by atoms with van der Waals surface area (Å²) in [5, 5.41) is 19.9. The largest absolute Gasteiger partial charge is 0.353 e. The van der Waals surface area contributed by atoms with E-state index in [1.807, 2.05) is 12.1 Å². The molecule has 1 fully saturated rings. The number of rotatable bonds is 4. The Labute approximate surface area is 195 Å². The topological polar surface area (TPSA) is 116 Å². The van der Waals surface area contributed by atoms with Crippen LogP contribution in [-0.4, -0.2) is 45.7 Å². The molecule has 0 radical (unpaired) electrons. The molecule has 3 aromatic rings. The number of halogens is 1. The normalized spacial score (nSPS) is 17.1. The van der Waals surface area contributed by atoms with Crippen LogP contribution in [0.4, 0.5) is 10.2 Å². The monoisotopic (exact) mass is 459 g/mol. The van der Waals surface area contributed by atoms with Gasteiger partial charge in [-0.2, -0.15) is 10.4 Å². The fourth-order valence-electron chi connectivity index (χ4n) is 4.60. The Balaban J connectivity index is 1.55. The molecule has 4 heterocycles. The molecule has 1 atom stereocenters. The molecule has 2 aromatic heterocycles. The van der Waals surface area contributed by atoms with E-state index in [-0.39, 0.29) is 41.2 Å². The molecule has 2 N–H and O–H groups in total. The van der Waals surface area contributed by atoms with Crippen molar-refractivity contribution >= 4 is 17.6 Å². The van der Waals surface area contributed by atoms with Crippen LogP contribution < -0.4 is 15.5 Å². The Kier molecular flexibility index (Phi) is 5.45. The number of pyridine rings is 1. The van der Waals surface area contributed by atoms with Gasteiger partial charge in [0.05, 0.1) is 46.4 Å². The second kappa shape index (κ2) is 8.59. The molecule has 5 rings (SSSR count). The van der Waals surface area contributed by atoms with Gasteiger partial charge in [0.15, 0.2) is 5.82 Å². The number of nitrogens with one attached hydrogen (secondary N) is 2. The van der Waals surface area contributed by atoms with Crippen LogP contribution >= 0.6 is 0 Å². The zero-order valence-corrected chi connectivity index (χ0v) is 18.5. The minimum absolute atomic E-state index is 0.0458. The summed E-state index contributed by atoms with van der Waals surface area (Å²) in [5.41, 5.74) is 1.84. The van der Waals surface area contributed by atoms with Crippen molar-refractivity contribution in [3.05, 3.63) is 59.2 Å². The molecule has 34 heavy (non-hydrogen) atoms. The molecule has 0 spiro atoms. The Morgan fingerprint density at radius 2 is 2.18 bits per heavy atom. The van der Waals surface area contributed by atoms with Gasteiger partial charge in [0, 0.05) is 38.3 Å². The van der Waals surface area contributed by atoms with E-state index >= 15 is 0 Å².